The summed E-state index contributed by atoms with van der Waals surface area (Å²) in [5, 5.41) is 21.7. The molecule has 1 fully saturated rings. The number of likely N-dealkylation sites (N-methyl/N-ethyl adjacent to an activating group) is 1. The zero-order chi connectivity index (χ0) is 21.4. The SMILES string of the molecule is CC(O)CNCC=O.CN1CCc2ccc(C(C)(C)O)cc2C1C1CCCCC1. The monoisotopic (exact) mass is 404 g/mol. The van der Waals surface area contributed by atoms with Gasteiger partial charge in [-0.15, -0.1) is 0 Å². The largest absolute Gasteiger partial charge is 0.392 e. The molecular formula is C24H40N2O3. The highest BCUT2D eigenvalue weighted by molar-refractivity contribution is 5.51. The van der Waals surface area contributed by atoms with Crippen molar-refractivity contribution in [2.45, 2.75) is 77.0 Å². The van der Waals surface area contributed by atoms with Gasteiger partial charge in [0.15, 0.2) is 0 Å². The molecule has 0 bridgehead atoms. The number of hydrogen-bond donors (Lipinski definition) is 3. The third-order valence-electron chi connectivity index (χ3n) is 6.14. The first kappa shape index (κ1) is 24.0. The smallest absolute Gasteiger partial charge is 0.133 e. The molecule has 1 aromatic carbocycles. The number of carbonyl (C=O) groups excluding carboxylic acids is 1. The van der Waals surface area contributed by atoms with Gasteiger partial charge in [0.2, 0.25) is 0 Å². The molecule has 5 nitrogen and oxygen atoms in total. The summed E-state index contributed by atoms with van der Waals surface area (Å²) in [6, 6.07) is 7.20. The second-order valence-electron chi connectivity index (χ2n) is 9.22. The highest BCUT2D eigenvalue weighted by atomic mass is 16.3. The number of carbonyl (C=O) groups is 1. The van der Waals surface area contributed by atoms with Crippen LogP contribution in [0.25, 0.3) is 0 Å². The normalized spacial score (nSPS) is 21.7. The molecule has 3 N–H and O–H groups in total. The predicted octanol–water partition coefficient (Wildman–Crippen LogP) is 3.18. The molecule has 29 heavy (non-hydrogen) atoms. The van der Waals surface area contributed by atoms with E-state index >= 15 is 0 Å². The molecule has 2 unspecified atom stereocenters. The average Bonchev–Trinajstić information content (AvgIpc) is 2.68. The Kier molecular flexibility index (Phi) is 9.28. The quantitative estimate of drug-likeness (QED) is 0.502. The second kappa shape index (κ2) is 11.2. The van der Waals surface area contributed by atoms with Crippen molar-refractivity contribution in [3.63, 3.8) is 0 Å². The van der Waals surface area contributed by atoms with Gasteiger partial charge in [0.1, 0.15) is 6.29 Å². The topological polar surface area (TPSA) is 72.8 Å². The van der Waals surface area contributed by atoms with E-state index in [-0.39, 0.29) is 6.10 Å². The summed E-state index contributed by atoms with van der Waals surface area (Å²) in [7, 11) is 2.28. The molecule has 2 aliphatic rings. The summed E-state index contributed by atoms with van der Waals surface area (Å²) in [5.74, 6) is 0.792. The molecule has 1 aliphatic carbocycles. The number of nitrogens with zero attached hydrogens (tertiary/aromatic N) is 1. The van der Waals surface area contributed by atoms with Gasteiger partial charge in [-0.05, 0) is 69.7 Å². The minimum Gasteiger partial charge on any atom is -0.392 e. The first-order chi connectivity index (χ1) is 13.7. The van der Waals surface area contributed by atoms with Crippen molar-refractivity contribution in [3.05, 3.63) is 34.9 Å². The number of benzene rings is 1. The van der Waals surface area contributed by atoms with Crippen LogP contribution in [0.4, 0.5) is 0 Å². The van der Waals surface area contributed by atoms with E-state index in [1.807, 2.05) is 13.8 Å². The summed E-state index contributed by atoms with van der Waals surface area (Å²) in [5.41, 5.74) is 3.28. The maximum atomic E-state index is 10.3. The summed E-state index contributed by atoms with van der Waals surface area (Å²) in [6.45, 7) is 7.41. The molecule has 0 amide bonds. The van der Waals surface area contributed by atoms with Gasteiger partial charge in [-0.3, -0.25) is 4.90 Å². The fraction of sp³-hybridized carbons (Fsp3) is 0.708. The Morgan fingerprint density at radius 3 is 2.55 bits per heavy atom. The molecule has 2 atom stereocenters. The maximum absolute atomic E-state index is 10.3. The van der Waals surface area contributed by atoms with Crippen molar-refractivity contribution in [3.8, 4) is 0 Å². The van der Waals surface area contributed by atoms with Crippen LogP contribution in [0.2, 0.25) is 0 Å². The molecule has 1 saturated carbocycles. The molecule has 0 aromatic heterocycles. The molecule has 1 heterocycles. The Morgan fingerprint density at radius 2 is 1.97 bits per heavy atom. The fourth-order valence-electron chi connectivity index (χ4n) is 4.57. The van der Waals surface area contributed by atoms with E-state index in [1.165, 1.54) is 43.2 Å². The highest BCUT2D eigenvalue weighted by Crippen LogP contribution is 2.42. The van der Waals surface area contributed by atoms with E-state index < -0.39 is 5.60 Å². The van der Waals surface area contributed by atoms with Gasteiger partial charge in [0, 0.05) is 19.1 Å². The molecule has 1 aliphatic heterocycles. The first-order valence-electron chi connectivity index (χ1n) is 11.1. The maximum Gasteiger partial charge on any atom is 0.133 e. The Hall–Kier alpha value is -1.27. The van der Waals surface area contributed by atoms with Crippen molar-refractivity contribution < 1.29 is 15.0 Å². The molecule has 0 spiro atoms. The summed E-state index contributed by atoms with van der Waals surface area (Å²) >= 11 is 0. The lowest BCUT2D eigenvalue weighted by molar-refractivity contribution is -0.107. The zero-order valence-electron chi connectivity index (χ0n) is 18.7. The number of nitrogens with one attached hydrogen (secondary N) is 1. The minimum absolute atomic E-state index is 0.324. The first-order valence-corrected chi connectivity index (χ1v) is 11.1. The van der Waals surface area contributed by atoms with Gasteiger partial charge < -0.3 is 20.3 Å². The summed E-state index contributed by atoms with van der Waals surface area (Å²) < 4.78 is 0. The van der Waals surface area contributed by atoms with E-state index in [2.05, 4.69) is 35.5 Å². The van der Waals surface area contributed by atoms with Gasteiger partial charge in [-0.25, -0.2) is 0 Å². The Morgan fingerprint density at radius 1 is 1.28 bits per heavy atom. The number of rotatable bonds is 6. The number of hydrogen-bond acceptors (Lipinski definition) is 5. The molecule has 0 radical (unpaired) electrons. The van der Waals surface area contributed by atoms with Crippen molar-refractivity contribution in [2.75, 3.05) is 26.7 Å². The van der Waals surface area contributed by atoms with E-state index in [4.69, 9.17) is 5.11 Å². The standard InChI is InChI=1S/C19H29NO.C5H11NO2/c1-19(2,21)16-10-9-14-11-12-20(3)18(17(14)13-16)15-7-5-4-6-8-15;1-5(8)4-6-2-3-7/h9-10,13,15,18,21H,4-8,11-12H2,1-3H3;3,5-6,8H,2,4H2,1H3. The van der Waals surface area contributed by atoms with Crippen molar-refractivity contribution >= 4 is 6.29 Å². The molecule has 3 rings (SSSR count). The molecule has 0 saturated heterocycles. The zero-order valence-corrected chi connectivity index (χ0v) is 18.7. The van der Waals surface area contributed by atoms with Crippen LogP contribution in [0.15, 0.2) is 18.2 Å². The van der Waals surface area contributed by atoms with Crippen LogP contribution in [0.1, 0.15) is 75.6 Å². The second-order valence-corrected chi connectivity index (χ2v) is 9.22. The Bertz CT molecular complexity index is 634. The fourth-order valence-corrected chi connectivity index (χ4v) is 4.57. The molecule has 5 heteroatoms. The third-order valence-corrected chi connectivity index (χ3v) is 6.14. The van der Waals surface area contributed by atoms with E-state index in [9.17, 15) is 9.90 Å². The van der Waals surface area contributed by atoms with Crippen LogP contribution < -0.4 is 5.32 Å². The van der Waals surface area contributed by atoms with Crippen LogP contribution in [0.5, 0.6) is 0 Å². The van der Waals surface area contributed by atoms with Crippen LogP contribution in [0, 0.1) is 5.92 Å². The van der Waals surface area contributed by atoms with Crippen LogP contribution >= 0.6 is 0 Å². The van der Waals surface area contributed by atoms with Crippen LogP contribution in [0.3, 0.4) is 0 Å². The number of fused-ring (bicyclic) bond motifs is 1. The highest BCUT2D eigenvalue weighted by Gasteiger charge is 2.33. The van der Waals surface area contributed by atoms with Gasteiger partial charge >= 0.3 is 0 Å². The van der Waals surface area contributed by atoms with Crippen molar-refractivity contribution in [1.82, 2.24) is 10.2 Å². The van der Waals surface area contributed by atoms with Gasteiger partial charge in [0.25, 0.3) is 0 Å². The van der Waals surface area contributed by atoms with Gasteiger partial charge in [0.05, 0.1) is 18.2 Å². The van der Waals surface area contributed by atoms with Crippen LogP contribution in [-0.4, -0.2) is 54.2 Å². The lowest BCUT2D eigenvalue weighted by atomic mass is 9.76. The Balaban J connectivity index is 0.000000321. The van der Waals surface area contributed by atoms with E-state index in [0.29, 0.717) is 19.1 Å². The average molecular weight is 405 g/mol. The van der Waals surface area contributed by atoms with E-state index in [0.717, 1.165) is 30.7 Å². The van der Waals surface area contributed by atoms with Gasteiger partial charge in [-0.1, -0.05) is 37.5 Å². The van der Waals surface area contributed by atoms with Crippen molar-refractivity contribution in [2.24, 2.45) is 5.92 Å². The van der Waals surface area contributed by atoms with Gasteiger partial charge in [-0.2, -0.15) is 0 Å². The van der Waals surface area contributed by atoms with Crippen molar-refractivity contribution in [1.29, 1.82) is 0 Å². The lowest BCUT2D eigenvalue weighted by Crippen LogP contribution is -2.37. The molecular weight excluding hydrogens is 364 g/mol. The third kappa shape index (κ3) is 7.18. The minimum atomic E-state index is -0.748. The Labute approximate surface area is 176 Å². The lowest BCUT2D eigenvalue weighted by Gasteiger charge is -2.41. The number of aliphatic hydroxyl groups is 2. The number of aliphatic hydroxyl groups excluding tert-OH is 1. The molecule has 1 aromatic rings. The number of aldehydes is 1. The summed E-state index contributed by atoms with van der Waals surface area (Å²) in [4.78, 5) is 12.2. The predicted molar refractivity (Wildman–Crippen MR) is 118 cm³/mol. The summed E-state index contributed by atoms with van der Waals surface area (Å²) in [6.07, 6.45) is 8.44. The molecule has 164 valence electrons. The van der Waals surface area contributed by atoms with Crippen LogP contribution in [-0.2, 0) is 16.8 Å². The van der Waals surface area contributed by atoms with E-state index in [1.54, 1.807) is 6.92 Å².